The van der Waals surface area contributed by atoms with Crippen LogP contribution in [-0.2, 0) is 0 Å². The Bertz CT molecular complexity index is 719. The van der Waals surface area contributed by atoms with Gasteiger partial charge in [0.05, 0.1) is 5.56 Å². The summed E-state index contributed by atoms with van der Waals surface area (Å²) >= 11 is 0. The third-order valence-corrected chi connectivity index (χ3v) is 19.4. The largest absolute Gasteiger partial charge is 0.543 e. The van der Waals surface area contributed by atoms with Gasteiger partial charge in [-0.05, 0) is 53.4 Å². The van der Waals surface area contributed by atoms with E-state index in [9.17, 15) is 9.90 Å². The van der Waals surface area contributed by atoms with E-state index in [0.29, 0.717) is 16.5 Å². The van der Waals surface area contributed by atoms with Gasteiger partial charge in [-0.25, -0.2) is 4.79 Å². The fourth-order valence-corrected chi connectivity index (χ4v) is 3.74. The lowest BCUT2D eigenvalue weighted by molar-refractivity contribution is 0.0696. The van der Waals surface area contributed by atoms with E-state index < -0.39 is 22.6 Å². The Morgan fingerprint density at radius 1 is 0.750 bits per heavy atom. The maximum atomic E-state index is 11.5. The van der Waals surface area contributed by atoms with Gasteiger partial charge in [0.2, 0.25) is 16.6 Å². The molecular formula is C25H50O4Si3. The van der Waals surface area contributed by atoms with Gasteiger partial charge in [-0.2, -0.15) is 0 Å². The average molecular weight is 499 g/mol. The Morgan fingerprint density at radius 3 is 1.22 bits per heavy atom. The third kappa shape index (κ3) is 9.43. The number of carboxylic acid groups (broad SMARTS) is 1. The molecule has 0 aliphatic heterocycles. The molecule has 1 aromatic carbocycles. The predicted octanol–water partition coefficient (Wildman–Crippen LogP) is 8.43. The second-order valence-corrected chi connectivity index (χ2v) is 26.7. The highest BCUT2D eigenvalue weighted by molar-refractivity contribution is 6.75. The van der Waals surface area contributed by atoms with E-state index in [1.807, 2.05) is 6.07 Å². The van der Waals surface area contributed by atoms with Crippen LogP contribution in [0.4, 0.5) is 0 Å². The summed E-state index contributed by atoms with van der Waals surface area (Å²) in [5, 5.41) is 10.2. The van der Waals surface area contributed by atoms with E-state index >= 15 is 0 Å². The minimum Gasteiger partial charge on any atom is -0.543 e. The van der Waals surface area contributed by atoms with Crippen LogP contribution >= 0.6 is 0 Å². The molecule has 0 bridgehead atoms. The normalized spacial score (nSPS) is 13.4. The van der Waals surface area contributed by atoms with Gasteiger partial charge in [-0.15, -0.1) is 0 Å². The van der Waals surface area contributed by atoms with Crippen LogP contribution in [0.25, 0.3) is 0 Å². The molecule has 7 heteroatoms. The Hall–Kier alpha value is -1.06. The van der Waals surface area contributed by atoms with Crippen molar-refractivity contribution in [2.24, 2.45) is 0 Å². The van der Waals surface area contributed by atoms with Crippen LogP contribution in [0.1, 0.15) is 72.7 Å². The lowest BCUT2D eigenvalue weighted by Gasteiger charge is -2.38. The Morgan fingerprint density at radius 2 is 1.03 bits per heavy atom. The number of benzene rings is 1. The topological polar surface area (TPSA) is 55.8 Å². The Kier molecular flexibility index (Phi) is 10.1. The molecule has 0 radical (unpaired) electrons. The van der Waals surface area contributed by atoms with E-state index in [4.69, 9.17) is 8.85 Å². The molecule has 0 amide bonds. The molecule has 4 nitrogen and oxygen atoms in total. The molecule has 0 aliphatic carbocycles. The first kappa shape index (κ1) is 30.9. The molecule has 32 heavy (non-hydrogen) atoms. The van der Waals surface area contributed by atoms with Crippen molar-refractivity contribution < 1.29 is 18.8 Å². The van der Waals surface area contributed by atoms with Gasteiger partial charge in [-0.3, -0.25) is 0 Å². The van der Waals surface area contributed by atoms with Gasteiger partial charge in [0, 0.05) is 14.9 Å². The third-order valence-electron chi connectivity index (χ3n) is 7.22. The average Bonchev–Trinajstić information content (AvgIpc) is 2.51. The first-order valence-corrected chi connectivity index (χ1v) is 20.4. The second kappa shape index (κ2) is 10.5. The summed E-state index contributed by atoms with van der Waals surface area (Å²) in [5.74, 6) is 0.196. The summed E-state index contributed by atoms with van der Waals surface area (Å²) < 4.78 is 12.6. The molecular weight excluding hydrogens is 449 g/mol. The maximum Gasteiger partial charge on any atom is 0.335 e. The zero-order valence-electron chi connectivity index (χ0n) is 23.5. The molecule has 0 saturated carbocycles. The fraction of sp³-hybridized carbons (Fsp3) is 0.720. The summed E-state index contributed by atoms with van der Waals surface area (Å²) in [7, 11) is -4.48. The summed E-state index contributed by atoms with van der Waals surface area (Å²) in [6, 6.07) is 5.04. The number of carboxylic acids is 1. The molecule has 0 unspecified atom stereocenters. The first-order chi connectivity index (χ1) is 13.9. The van der Waals surface area contributed by atoms with Crippen LogP contribution < -0.4 is 8.85 Å². The summed E-state index contributed by atoms with van der Waals surface area (Å²) in [6.07, 6.45) is 0. The second-order valence-electron chi connectivity index (χ2n) is 13.2. The number of hydrogen-bond acceptors (Lipinski definition) is 3. The fourth-order valence-electron chi connectivity index (χ4n) is 1.71. The van der Waals surface area contributed by atoms with Crippen LogP contribution in [0.2, 0.25) is 54.4 Å². The molecule has 0 aromatic heterocycles. The lowest BCUT2D eigenvalue weighted by atomic mass is 10.2. The van der Waals surface area contributed by atoms with E-state index in [-0.39, 0.29) is 24.4 Å². The molecule has 186 valence electrons. The van der Waals surface area contributed by atoms with E-state index in [1.54, 1.807) is 12.1 Å². The predicted molar refractivity (Wildman–Crippen MR) is 148 cm³/mol. The van der Waals surface area contributed by atoms with Gasteiger partial charge in [0.25, 0.3) is 0 Å². The van der Waals surface area contributed by atoms with Gasteiger partial charge in [-0.1, -0.05) is 75.4 Å². The van der Waals surface area contributed by atoms with Gasteiger partial charge in [0.15, 0.2) is 0 Å². The van der Waals surface area contributed by atoms with Crippen molar-refractivity contribution in [3.8, 4) is 11.5 Å². The van der Waals surface area contributed by atoms with Crippen LogP contribution in [0.5, 0.6) is 11.5 Å². The highest BCUT2D eigenvalue weighted by Gasteiger charge is 2.40. The molecule has 1 N–H and O–H groups in total. The van der Waals surface area contributed by atoms with Crippen molar-refractivity contribution in [3.63, 3.8) is 0 Å². The van der Waals surface area contributed by atoms with Crippen molar-refractivity contribution in [2.75, 3.05) is 0 Å². The number of aromatic carboxylic acids is 1. The van der Waals surface area contributed by atoms with Crippen LogP contribution in [-0.4, -0.2) is 36.5 Å². The molecule has 1 aromatic rings. The quantitative estimate of drug-likeness (QED) is 0.414. The van der Waals surface area contributed by atoms with Crippen LogP contribution in [0.3, 0.4) is 0 Å². The van der Waals surface area contributed by atoms with E-state index in [1.165, 1.54) is 0 Å². The minimum absolute atomic E-state index is 0.0344. The summed E-state index contributed by atoms with van der Waals surface area (Å²) in [5.41, 5.74) is 0.199. The van der Waals surface area contributed by atoms with E-state index in [2.05, 4.69) is 102 Å². The van der Waals surface area contributed by atoms with Crippen molar-refractivity contribution in [1.29, 1.82) is 0 Å². The SMILES string of the molecule is CC(C)(C)[Si](C)(C)Oc1cc(O[Si](C)(C)C(C)(C)C)cc(C(=O)O)c1.C[SiH](C)C(C)(C)C. The van der Waals surface area contributed by atoms with Crippen LogP contribution in [0, 0.1) is 0 Å². The molecule has 0 saturated heterocycles. The monoisotopic (exact) mass is 498 g/mol. The van der Waals surface area contributed by atoms with Gasteiger partial charge >= 0.3 is 5.97 Å². The highest BCUT2D eigenvalue weighted by Crippen LogP contribution is 2.40. The molecule has 0 spiro atoms. The standard InChI is InChI=1S/C19H34O4Si2.C6H16Si/c1-18(2,3)24(7,8)22-15-11-14(17(20)21)12-16(13-15)23-25(9,10)19(4,5)6;1-6(2,3)7(4)5/h11-13H,1-10H3,(H,20,21);7H,1-5H3. The van der Waals surface area contributed by atoms with Gasteiger partial charge in [0.1, 0.15) is 11.5 Å². The van der Waals surface area contributed by atoms with Crippen molar-refractivity contribution in [3.05, 3.63) is 23.8 Å². The number of rotatable bonds is 5. The molecule has 0 heterocycles. The van der Waals surface area contributed by atoms with Crippen molar-refractivity contribution >= 4 is 31.4 Å². The maximum absolute atomic E-state index is 11.5. The lowest BCUT2D eigenvalue weighted by Crippen LogP contribution is -2.44. The summed E-state index contributed by atoms with van der Waals surface area (Å²) in [6.45, 7) is 33.3. The first-order valence-electron chi connectivity index (χ1n) is 11.7. The van der Waals surface area contributed by atoms with E-state index in [0.717, 1.165) is 0 Å². The van der Waals surface area contributed by atoms with Crippen molar-refractivity contribution in [1.82, 2.24) is 0 Å². The zero-order chi connectivity index (χ0) is 25.9. The Balaban J connectivity index is 0.00000118. The molecule has 0 atom stereocenters. The van der Waals surface area contributed by atoms with Crippen molar-refractivity contribution in [2.45, 2.75) is 117 Å². The number of carbonyl (C=O) groups is 1. The highest BCUT2D eigenvalue weighted by atomic mass is 28.4. The van der Waals surface area contributed by atoms with Crippen LogP contribution in [0.15, 0.2) is 18.2 Å². The smallest absolute Gasteiger partial charge is 0.335 e. The number of hydrogen-bond donors (Lipinski definition) is 1. The zero-order valence-corrected chi connectivity index (χ0v) is 26.6. The molecule has 1 rings (SSSR count). The molecule has 0 aliphatic rings. The molecule has 0 fully saturated rings. The minimum atomic E-state index is -2.06. The van der Waals surface area contributed by atoms with Gasteiger partial charge < -0.3 is 14.0 Å². The summed E-state index contributed by atoms with van der Waals surface area (Å²) in [4.78, 5) is 11.5. The Labute approximate surface area is 202 Å².